The molecule has 0 saturated heterocycles. The van der Waals surface area contributed by atoms with Crippen molar-refractivity contribution in [3.8, 4) is 5.75 Å². The lowest BCUT2D eigenvalue weighted by Crippen LogP contribution is -2.51. The van der Waals surface area contributed by atoms with Gasteiger partial charge in [0.05, 0.1) is 17.7 Å². The van der Waals surface area contributed by atoms with Crippen molar-refractivity contribution in [1.82, 2.24) is 10.2 Å². The molecule has 0 spiro atoms. The Hall–Kier alpha value is -3.85. The zero-order chi connectivity index (χ0) is 27.7. The molecule has 0 aliphatic rings. The van der Waals surface area contributed by atoms with Crippen LogP contribution < -0.4 is 14.4 Å². The quantitative estimate of drug-likeness (QED) is 0.375. The molecule has 8 nitrogen and oxygen atoms in total. The predicted octanol–water partition coefficient (Wildman–Crippen LogP) is 4.14. The lowest BCUT2D eigenvalue weighted by atomic mass is 10.1. The molecule has 0 heterocycles. The molecule has 38 heavy (non-hydrogen) atoms. The van der Waals surface area contributed by atoms with Gasteiger partial charge in [-0.05, 0) is 62.2 Å². The maximum atomic E-state index is 13.8. The van der Waals surface area contributed by atoms with E-state index in [2.05, 4.69) is 5.32 Å². The number of rotatable bonds is 12. The summed E-state index contributed by atoms with van der Waals surface area (Å²) in [5, 5.41) is 2.84. The molecule has 0 aliphatic carbocycles. The molecular formula is C29H35N3O5S. The average Bonchev–Trinajstić information content (AvgIpc) is 2.94. The van der Waals surface area contributed by atoms with Crippen molar-refractivity contribution in [2.75, 3.05) is 24.5 Å². The van der Waals surface area contributed by atoms with Crippen LogP contribution in [0.2, 0.25) is 0 Å². The number of ether oxygens (including phenoxy) is 1. The third-order valence-electron chi connectivity index (χ3n) is 6.16. The smallest absolute Gasteiger partial charge is 0.264 e. The van der Waals surface area contributed by atoms with E-state index < -0.39 is 28.5 Å². The average molecular weight is 538 g/mol. The minimum atomic E-state index is -4.10. The van der Waals surface area contributed by atoms with Gasteiger partial charge in [0.1, 0.15) is 18.3 Å². The summed E-state index contributed by atoms with van der Waals surface area (Å²) in [5.41, 5.74) is 2.21. The second-order valence-corrected chi connectivity index (χ2v) is 10.9. The SMILES string of the molecule is CCCNC(=O)[C@@H](C)N(Cc1ccc(C)cc1)C(=O)CN(c1ccc(OC)cc1)S(=O)(=O)c1ccccc1. The van der Waals surface area contributed by atoms with Gasteiger partial charge in [-0.15, -0.1) is 0 Å². The van der Waals surface area contributed by atoms with Crippen LogP contribution in [-0.4, -0.2) is 51.4 Å². The van der Waals surface area contributed by atoms with Crippen LogP contribution in [0.4, 0.5) is 5.69 Å². The lowest BCUT2D eigenvalue weighted by Gasteiger charge is -2.32. The topological polar surface area (TPSA) is 96.0 Å². The molecule has 202 valence electrons. The summed E-state index contributed by atoms with van der Waals surface area (Å²) in [7, 11) is -2.58. The van der Waals surface area contributed by atoms with Crippen molar-refractivity contribution in [2.24, 2.45) is 0 Å². The molecule has 0 unspecified atom stereocenters. The minimum Gasteiger partial charge on any atom is -0.497 e. The van der Waals surface area contributed by atoms with Crippen molar-refractivity contribution in [3.63, 3.8) is 0 Å². The number of sulfonamides is 1. The van der Waals surface area contributed by atoms with Crippen LogP contribution in [0.5, 0.6) is 5.75 Å². The molecule has 3 aromatic carbocycles. The van der Waals surface area contributed by atoms with Gasteiger partial charge in [0, 0.05) is 13.1 Å². The molecule has 0 radical (unpaired) electrons. The van der Waals surface area contributed by atoms with Gasteiger partial charge >= 0.3 is 0 Å². The molecule has 0 aliphatic heterocycles. The number of amides is 2. The molecule has 0 aromatic heterocycles. The number of methoxy groups -OCH3 is 1. The maximum absolute atomic E-state index is 13.8. The van der Waals surface area contributed by atoms with Crippen LogP contribution >= 0.6 is 0 Å². The number of carbonyl (C=O) groups is 2. The fourth-order valence-corrected chi connectivity index (χ4v) is 5.30. The summed E-state index contributed by atoms with van der Waals surface area (Å²) < 4.78 is 33.7. The van der Waals surface area contributed by atoms with Gasteiger partial charge in [0.2, 0.25) is 11.8 Å². The van der Waals surface area contributed by atoms with Crippen LogP contribution in [0, 0.1) is 6.92 Å². The standard InChI is InChI=1S/C29H35N3O5S/c1-5-19-30-29(34)23(3)31(20-24-13-11-22(2)12-14-24)28(33)21-32(25-15-17-26(37-4)18-16-25)38(35,36)27-9-7-6-8-10-27/h6-18,23H,5,19-21H2,1-4H3,(H,30,34)/t23-/m1/s1. The highest BCUT2D eigenvalue weighted by atomic mass is 32.2. The lowest BCUT2D eigenvalue weighted by molar-refractivity contribution is -0.139. The first-order chi connectivity index (χ1) is 18.2. The number of nitrogens with zero attached hydrogens (tertiary/aromatic N) is 2. The van der Waals surface area contributed by atoms with Crippen LogP contribution in [0.3, 0.4) is 0 Å². The minimum absolute atomic E-state index is 0.0578. The molecule has 0 fully saturated rings. The summed E-state index contributed by atoms with van der Waals surface area (Å²) in [5.74, 6) is -0.242. The number of hydrogen-bond donors (Lipinski definition) is 1. The molecule has 0 bridgehead atoms. The zero-order valence-electron chi connectivity index (χ0n) is 22.3. The van der Waals surface area contributed by atoms with Crippen molar-refractivity contribution >= 4 is 27.5 Å². The van der Waals surface area contributed by atoms with Gasteiger partial charge in [-0.1, -0.05) is 55.0 Å². The molecule has 2 amide bonds. The number of nitrogens with one attached hydrogen (secondary N) is 1. The molecule has 3 rings (SSSR count). The normalized spacial score (nSPS) is 11.9. The van der Waals surface area contributed by atoms with Crippen LogP contribution in [-0.2, 0) is 26.2 Å². The Morgan fingerprint density at radius 1 is 0.947 bits per heavy atom. The van der Waals surface area contributed by atoms with E-state index in [-0.39, 0.29) is 17.3 Å². The van der Waals surface area contributed by atoms with E-state index in [0.717, 1.165) is 21.9 Å². The third kappa shape index (κ3) is 7.13. The Bertz CT molecular complexity index is 1310. The highest BCUT2D eigenvalue weighted by Crippen LogP contribution is 2.26. The summed E-state index contributed by atoms with van der Waals surface area (Å²) in [4.78, 5) is 28.2. The van der Waals surface area contributed by atoms with Gasteiger partial charge in [0.25, 0.3) is 10.0 Å². The number of aryl methyl sites for hydroxylation is 1. The summed E-state index contributed by atoms with van der Waals surface area (Å²) in [6.45, 7) is 5.72. The number of anilines is 1. The number of benzene rings is 3. The van der Waals surface area contributed by atoms with Crippen molar-refractivity contribution < 1.29 is 22.7 Å². The fraction of sp³-hybridized carbons (Fsp3) is 0.310. The Morgan fingerprint density at radius 3 is 2.16 bits per heavy atom. The Balaban J connectivity index is 2.00. The van der Waals surface area contributed by atoms with Crippen LogP contribution in [0.1, 0.15) is 31.4 Å². The second-order valence-electron chi connectivity index (χ2n) is 9.00. The van der Waals surface area contributed by atoms with E-state index in [0.29, 0.717) is 18.0 Å². The zero-order valence-corrected chi connectivity index (χ0v) is 23.1. The first-order valence-corrected chi connectivity index (χ1v) is 14.0. The summed E-state index contributed by atoms with van der Waals surface area (Å²) in [6.07, 6.45) is 0.755. The third-order valence-corrected chi connectivity index (χ3v) is 7.95. The van der Waals surface area contributed by atoms with Gasteiger partial charge < -0.3 is 15.0 Å². The van der Waals surface area contributed by atoms with E-state index in [1.54, 1.807) is 49.4 Å². The highest BCUT2D eigenvalue weighted by Gasteiger charge is 2.32. The van der Waals surface area contributed by atoms with Gasteiger partial charge in [-0.3, -0.25) is 13.9 Å². The van der Waals surface area contributed by atoms with Gasteiger partial charge in [-0.25, -0.2) is 8.42 Å². The monoisotopic (exact) mass is 537 g/mol. The van der Waals surface area contributed by atoms with Crippen LogP contribution in [0.15, 0.2) is 83.8 Å². The highest BCUT2D eigenvalue weighted by molar-refractivity contribution is 7.92. The van der Waals surface area contributed by atoms with E-state index in [1.165, 1.54) is 24.1 Å². The van der Waals surface area contributed by atoms with Crippen LogP contribution in [0.25, 0.3) is 0 Å². The largest absolute Gasteiger partial charge is 0.497 e. The van der Waals surface area contributed by atoms with E-state index in [4.69, 9.17) is 4.74 Å². The van der Waals surface area contributed by atoms with Crippen molar-refractivity contribution in [2.45, 2.75) is 44.7 Å². The molecule has 9 heteroatoms. The number of carbonyl (C=O) groups excluding carboxylic acids is 2. The predicted molar refractivity (Wildman–Crippen MR) is 148 cm³/mol. The van der Waals surface area contributed by atoms with E-state index in [1.807, 2.05) is 38.1 Å². The Labute approximate surface area is 225 Å². The van der Waals surface area contributed by atoms with Crippen molar-refractivity contribution in [1.29, 1.82) is 0 Å². The number of hydrogen-bond acceptors (Lipinski definition) is 5. The second kappa shape index (κ2) is 13.1. The Morgan fingerprint density at radius 2 is 1.58 bits per heavy atom. The fourth-order valence-electron chi connectivity index (χ4n) is 3.87. The Kier molecular flexibility index (Phi) is 9.90. The molecule has 0 saturated carbocycles. The molecule has 1 atom stereocenters. The first kappa shape index (κ1) is 28.7. The molecule has 3 aromatic rings. The van der Waals surface area contributed by atoms with Gasteiger partial charge in [0.15, 0.2) is 0 Å². The summed E-state index contributed by atoms with van der Waals surface area (Å²) in [6, 6.07) is 21.3. The molecule has 1 N–H and O–H groups in total. The first-order valence-electron chi connectivity index (χ1n) is 12.5. The maximum Gasteiger partial charge on any atom is 0.264 e. The van der Waals surface area contributed by atoms with Crippen molar-refractivity contribution in [3.05, 3.63) is 90.0 Å². The molecular weight excluding hydrogens is 502 g/mol. The van der Waals surface area contributed by atoms with E-state index in [9.17, 15) is 18.0 Å². The van der Waals surface area contributed by atoms with E-state index >= 15 is 0 Å². The summed E-state index contributed by atoms with van der Waals surface area (Å²) >= 11 is 0. The van der Waals surface area contributed by atoms with Gasteiger partial charge in [-0.2, -0.15) is 0 Å².